The van der Waals surface area contributed by atoms with Crippen LogP contribution >= 0.6 is 46.7 Å². The highest BCUT2D eigenvalue weighted by Gasteiger charge is 2.29. The average Bonchev–Trinajstić information content (AvgIpc) is 2.77. The van der Waals surface area contributed by atoms with Crippen molar-refractivity contribution in [2.45, 2.75) is 30.2 Å². The smallest absolute Gasteiger partial charge is 0.326 e. The summed E-state index contributed by atoms with van der Waals surface area (Å²) in [7, 11) is 0. The van der Waals surface area contributed by atoms with Crippen LogP contribution in [0.3, 0.4) is 0 Å². The lowest BCUT2D eigenvalue weighted by atomic mass is 9.95. The minimum Gasteiger partial charge on any atom is -0.480 e. The Kier molecular flexibility index (Phi) is 10.6. The molecular weight excluding hydrogens is 479 g/mol. The fourth-order valence-corrected chi connectivity index (χ4v) is 4.89. The number of piperidine rings is 1. The van der Waals surface area contributed by atoms with Gasteiger partial charge in [-0.25, -0.2) is 4.79 Å². The Morgan fingerprint density at radius 1 is 1.23 bits per heavy atom. The number of carbonyl (C=O) groups excluding carboxylic acids is 2. The first-order chi connectivity index (χ1) is 14.8. The summed E-state index contributed by atoms with van der Waals surface area (Å²) in [6.45, 7) is 0.868. The maximum Gasteiger partial charge on any atom is 0.326 e. The fourth-order valence-electron chi connectivity index (χ4n) is 3.24. The van der Waals surface area contributed by atoms with Gasteiger partial charge in [-0.15, -0.1) is 11.8 Å². The molecule has 1 saturated heterocycles. The molecule has 170 valence electrons. The van der Waals surface area contributed by atoms with Gasteiger partial charge >= 0.3 is 5.97 Å². The maximum atomic E-state index is 12.5. The molecule has 1 aromatic rings. The lowest BCUT2D eigenvalue weighted by Gasteiger charge is -2.31. The summed E-state index contributed by atoms with van der Waals surface area (Å²) in [6.07, 6.45) is 8.28. The van der Waals surface area contributed by atoms with Crippen molar-refractivity contribution in [1.82, 2.24) is 10.2 Å². The molecule has 2 rings (SSSR count). The van der Waals surface area contributed by atoms with Gasteiger partial charge in [0.2, 0.25) is 11.8 Å². The minimum absolute atomic E-state index is 0.164. The summed E-state index contributed by atoms with van der Waals surface area (Å²) < 4.78 is 0. The van der Waals surface area contributed by atoms with Crippen molar-refractivity contribution in [2.75, 3.05) is 31.4 Å². The molecule has 1 heterocycles. The molecule has 0 bridgehead atoms. The fraction of sp³-hybridized carbons (Fsp3) is 0.476. The summed E-state index contributed by atoms with van der Waals surface area (Å²) in [5.41, 5.74) is 0.664. The molecule has 0 spiro atoms. The van der Waals surface area contributed by atoms with Gasteiger partial charge in [0.25, 0.3) is 0 Å². The zero-order chi connectivity index (χ0) is 23.0. The third kappa shape index (κ3) is 7.34. The molecule has 6 nitrogen and oxygen atoms in total. The predicted octanol–water partition coefficient (Wildman–Crippen LogP) is 4.29. The van der Waals surface area contributed by atoms with Crippen molar-refractivity contribution >= 4 is 70.6 Å². The van der Waals surface area contributed by atoms with Gasteiger partial charge in [-0.3, -0.25) is 9.59 Å². The van der Waals surface area contributed by atoms with Crippen molar-refractivity contribution in [2.24, 2.45) is 5.92 Å². The van der Waals surface area contributed by atoms with Gasteiger partial charge in [-0.2, -0.15) is 11.8 Å². The Balaban J connectivity index is 1.90. The summed E-state index contributed by atoms with van der Waals surface area (Å²) >= 11 is 15.6. The Hall–Kier alpha value is -1.35. The molecule has 1 aliphatic heterocycles. The van der Waals surface area contributed by atoms with Crippen LogP contribution in [-0.4, -0.2) is 65.2 Å². The molecule has 0 aliphatic carbocycles. The third-order valence-electron chi connectivity index (χ3n) is 5.10. The minimum atomic E-state index is -1.02. The van der Waals surface area contributed by atoms with Crippen LogP contribution in [0, 0.1) is 5.92 Å². The molecule has 1 aliphatic rings. The molecule has 2 N–H and O–H groups in total. The number of nitrogens with one attached hydrogen (secondary N) is 1. The van der Waals surface area contributed by atoms with Crippen molar-refractivity contribution in [1.29, 1.82) is 0 Å². The normalized spacial score (nSPS) is 15.8. The summed E-state index contributed by atoms with van der Waals surface area (Å²) in [6, 6.07) is 2.80. The number of nitrogens with zero attached hydrogens (tertiary/aromatic N) is 1. The molecule has 0 radical (unpaired) electrons. The van der Waals surface area contributed by atoms with Gasteiger partial charge in [0.1, 0.15) is 6.04 Å². The number of benzene rings is 1. The van der Waals surface area contributed by atoms with E-state index >= 15 is 0 Å². The summed E-state index contributed by atoms with van der Waals surface area (Å²) in [5.74, 6) is -1.08. The van der Waals surface area contributed by atoms with Crippen LogP contribution in [0.25, 0.3) is 6.08 Å². The molecule has 1 fully saturated rings. The van der Waals surface area contributed by atoms with Crippen LogP contribution in [0.15, 0.2) is 23.1 Å². The monoisotopic (exact) mass is 504 g/mol. The highest BCUT2D eigenvalue weighted by atomic mass is 35.5. The quantitative estimate of drug-likeness (QED) is 0.385. The van der Waals surface area contributed by atoms with E-state index in [1.54, 1.807) is 11.0 Å². The number of carboxylic acid groups (broad SMARTS) is 1. The van der Waals surface area contributed by atoms with E-state index in [2.05, 4.69) is 5.32 Å². The van der Waals surface area contributed by atoms with Crippen molar-refractivity contribution in [3.05, 3.63) is 33.8 Å². The van der Waals surface area contributed by atoms with Gasteiger partial charge in [0, 0.05) is 30.0 Å². The first kappa shape index (κ1) is 25.9. The van der Waals surface area contributed by atoms with Gasteiger partial charge in [-0.05, 0) is 55.2 Å². The van der Waals surface area contributed by atoms with Crippen molar-refractivity contribution in [3.8, 4) is 0 Å². The van der Waals surface area contributed by atoms with Gasteiger partial charge in [0.05, 0.1) is 10.0 Å². The number of hydrogen-bond donors (Lipinski definition) is 2. The zero-order valence-electron chi connectivity index (χ0n) is 17.4. The molecule has 1 unspecified atom stereocenters. The van der Waals surface area contributed by atoms with Crippen LogP contribution in [0.5, 0.6) is 0 Å². The van der Waals surface area contributed by atoms with Crippen LogP contribution in [0.2, 0.25) is 10.0 Å². The number of carboxylic acids is 1. The number of likely N-dealkylation sites (tertiary alicyclic amines) is 1. The van der Waals surface area contributed by atoms with Crippen LogP contribution < -0.4 is 5.32 Å². The van der Waals surface area contributed by atoms with E-state index in [-0.39, 0.29) is 17.7 Å². The average molecular weight is 505 g/mol. The maximum absolute atomic E-state index is 12.5. The highest BCUT2D eigenvalue weighted by Crippen LogP contribution is 2.35. The van der Waals surface area contributed by atoms with Crippen molar-refractivity contribution in [3.63, 3.8) is 0 Å². The van der Waals surface area contributed by atoms with E-state index in [1.165, 1.54) is 29.6 Å². The first-order valence-electron chi connectivity index (χ1n) is 9.79. The van der Waals surface area contributed by atoms with E-state index in [9.17, 15) is 19.5 Å². The molecule has 1 atom stereocenters. The molecule has 0 aromatic heterocycles. The predicted molar refractivity (Wildman–Crippen MR) is 129 cm³/mol. The summed E-state index contributed by atoms with van der Waals surface area (Å²) in [5, 5.41) is 12.8. The molecule has 31 heavy (non-hydrogen) atoms. The molecule has 2 amide bonds. The third-order valence-corrected chi connectivity index (χ3v) is 7.54. The number of rotatable bonds is 9. The lowest BCUT2D eigenvalue weighted by molar-refractivity contribution is -0.143. The van der Waals surface area contributed by atoms with E-state index in [1.807, 2.05) is 24.6 Å². The number of carbonyl (C=O) groups is 3. The number of amides is 2. The summed E-state index contributed by atoms with van der Waals surface area (Å²) in [4.78, 5) is 38.9. The van der Waals surface area contributed by atoms with E-state index in [0.29, 0.717) is 53.7 Å². The zero-order valence-corrected chi connectivity index (χ0v) is 20.5. The number of halogens is 2. The molecule has 0 saturated carbocycles. The van der Waals surface area contributed by atoms with Gasteiger partial charge in [0.15, 0.2) is 0 Å². The van der Waals surface area contributed by atoms with Crippen molar-refractivity contribution < 1.29 is 19.5 Å². The standard InChI is InChI=1S/C21H26Cl2N2O4S2/c1-30-12-9-15(21(28)29)24-20(27)14-7-10-25(11-8-14)17(26)6-4-13-3-5-16(31-2)19(23)18(13)22/h3-6,14-15H,7-12H2,1-2H3,(H,24,27)(H,28,29)/b6-4+. The van der Waals surface area contributed by atoms with Crippen LogP contribution in [-0.2, 0) is 14.4 Å². The topological polar surface area (TPSA) is 86.7 Å². The SMILES string of the molecule is CSCCC(NC(=O)C1CCN(C(=O)/C=C/c2ccc(SC)c(Cl)c2Cl)CC1)C(=O)O. The first-order valence-corrected chi connectivity index (χ1v) is 13.2. The van der Waals surface area contributed by atoms with Gasteiger partial charge in [-0.1, -0.05) is 29.3 Å². The van der Waals surface area contributed by atoms with Gasteiger partial charge < -0.3 is 15.3 Å². The number of thioether (sulfide) groups is 2. The second kappa shape index (κ2) is 12.6. The highest BCUT2D eigenvalue weighted by molar-refractivity contribution is 7.98. The lowest BCUT2D eigenvalue weighted by Crippen LogP contribution is -2.47. The molecule has 10 heteroatoms. The second-order valence-corrected chi connectivity index (χ2v) is 9.69. The van der Waals surface area contributed by atoms with Crippen LogP contribution in [0.1, 0.15) is 24.8 Å². The Morgan fingerprint density at radius 2 is 1.90 bits per heavy atom. The Labute approximate surface area is 201 Å². The Morgan fingerprint density at radius 3 is 2.48 bits per heavy atom. The molecule has 1 aromatic carbocycles. The van der Waals surface area contributed by atoms with Crippen LogP contribution in [0.4, 0.5) is 0 Å². The largest absolute Gasteiger partial charge is 0.480 e. The molecular formula is C21H26Cl2N2O4S2. The van der Waals surface area contributed by atoms with E-state index in [4.69, 9.17) is 23.2 Å². The van der Waals surface area contributed by atoms with E-state index < -0.39 is 12.0 Å². The Bertz CT molecular complexity index is 843. The van der Waals surface area contributed by atoms with E-state index in [0.717, 1.165) is 4.90 Å². The number of hydrogen-bond acceptors (Lipinski definition) is 5. The second-order valence-electron chi connectivity index (χ2n) is 7.10. The number of aliphatic carboxylic acids is 1.